The third kappa shape index (κ3) is 4.48. The number of nitrogens with one attached hydrogen (secondary N) is 2. The lowest BCUT2D eigenvalue weighted by Gasteiger charge is -2.16. The molecule has 3 heteroatoms. The van der Waals surface area contributed by atoms with Crippen LogP contribution in [0.3, 0.4) is 0 Å². The van der Waals surface area contributed by atoms with E-state index in [4.69, 9.17) is 0 Å². The average Bonchev–Trinajstić information content (AvgIpc) is 2.91. The van der Waals surface area contributed by atoms with Crippen LogP contribution in [0.2, 0.25) is 0 Å². The molecule has 116 valence electrons. The van der Waals surface area contributed by atoms with Gasteiger partial charge in [0, 0.05) is 31.1 Å². The van der Waals surface area contributed by atoms with Gasteiger partial charge in [-0.25, -0.2) is 0 Å². The number of fused-ring (bicyclic) bond motifs is 1. The second kappa shape index (κ2) is 8.06. The maximum absolute atomic E-state index is 12.2. The molecule has 1 aromatic carbocycles. The fraction of sp³-hybridized carbons (Fsp3) is 0.611. The van der Waals surface area contributed by atoms with Crippen LogP contribution in [0.15, 0.2) is 24.3 Å². The summed E-state index contributed by atoms with van der Waals surface area (Å²) in [6.45, 7) is 6.14. The number of carbonyl (C=O) groups excluding carboxylic acids is 1. The molecule has 0 saturated carbocycles. The van der Waals surface area contributed by atoms with Crippen molar-refractivity contribution in [1.29, 1.82) is 0 Å². The van der Waals surface area contributed by atoms with Gasteiger partial charge in [-0.3, -0.25) is 4.79 Å². The van der Waals surface area contributed by atoms with E-state index >= 15 is 0 Å². The lowest BCUT2D eigenvalue weighted by atomic mass is 9.96. The molecule has 1 heterocycles. The lowest BCUT2D eigenvalue weighted by Crippen LogP contribution is -2.30. The summed E-state index contributed by atoms with van der Waals surface area (Å²) in [7, 11) is 0. The van der Waals surface area contributed by atoms with Gasteiger partial charge in [-0.05, 0) is 24.0 Å². The number of carbonyl (C=O) groups is 1. The summed E-state index contributed by atoms with van der Waals surface area (Å²) in [5.74, 6) is 1.13. The van der Waals surface area contributed by atoms with Crippen molar-refractivity contribution in [3.05, 3.63) is 29.8 Å². The molecule has 1 aliphatic heterocycles. The van der Waals surface area contributed by atoms with E-state index in [1.807, 2.05) is 6.07 Å². The Morgan fingerprint density at radius 1 is 1.38 bits per heavy atom. The van der Waals surface area contributed by atoms with Gasteiger partial charge in [0.1, 0.15) is 0 Å². The van der Waals surface area contributed by atoms with Crippen LogP contribution < -0.4 is 10.6 Å². The molecule has 0 fully saturated rings. The fourth-order valence-electron chi connectivity index (χ4n) is 3.04. The summed E-state index contributed by atoms with van der Waals surface area (Å²) in [6, 6.07) is 8.30. The van der Waals surface area contributed by atoms with Gasteiger partial charge < -0.3 is 10.6 Å². The summed E-state index contributed by atoms with van der Waals surface area (Å²) in [6.07, 6.45) is 5.45. The number of rotatable bonds is 8. The molecule has 1 aromatic rings. The van der Waals surface area contributed by atoms with Gasteiger partial charge in [-0.1, -0.05) is 51.3 Å². The minimum Gasteiger partial charge on any atom is -0.384 e. The molecule has 2 rings (SSSR count). The zero-order valence-electron chi connectivity index (χ0n) is 13.3. The van der Waals surface area contributed by atoms with Crippen LogP contribution in [-0.2, 0) is 4.79 Å². The first-order chi connectivity index (χ1) is 10.2. The number of hydrogen-bond acceptors (Lipinski definition) is 2. The van der Waals surface area contributed by atoms with Crippen LogP contribution in [0.5, 0.6) is 0 Å². The van der Waals surface area contributed by atoms with Crippen molar-refractivity contribution in [2.24, 2.45) is 5.92 Å². The van der Waals surface area contributed by atoms with Gasteiger partial charge in [-0.2, -0.15) is 0 Å². The van der Waals surface area contributed by atoms with Gasteiger partial charge >= 0.3 is 0 Å². The summed E-state index contributed by atoms with van der Waals surface area (Å²) in [4.78, 5) is 12.2. The molecule has 0 aromatic heterocycles. The Bertz CT molecular complexity index is 458. The summed E-state index contributed by atoms with van der Waals surface area (Å²) in [5, 5.41) is 6.51. The number of amides is 1. The third-order valence-electron chi connectivity index (χ3n) is 4.50. The van der Waals surface area contributed by atoms with Crippen LogP contribution in [-0.4, -0.2) is 19.0 Å². The average molecular weight is 288 g/mol. The number of benzene rings is 1. The van der Waals surface area contributed by atoms with Crippen molar-refractivity contribution in [1.82, 2.24) is 5.32 Å². The first-order valence-electron chi connectivity index (χ1n) is 8.34. The fourth-order valence-corrected chi connectivity index (χ4v) is 3.04. The Morgan fingerprint density at radius 3 is 2.95 bits per heavy atom. The Kier molecular flexibility index (Phi) is 6.09. The predicted molar refractivity (Wildman–Crippen MR) is 88.6 cm³/mol. The topological polar surface area (TPSA) is 41.1 Å². The molecular formula is C18H28N2O. The quantitative estimate of drug-likeness (QED) is 0.761. The van der Waals surface area contributed by atoms with Crippen LogP contribution in [0.25, 0.3) is 0 Å². The second-order valence-electron chi connectivity index (χ2n) is 6.09. The third-order valence-corrected chi connectivity index (χ3v) is 4.50. The lowest BCUT2D eigenvalue weighted by molar-refractivity contribution is -0.121. The van der Waals surface area contributed by atoms with Crippen molar-refractivity contribution in [2.75, 3.05) is 18.4 Å². The van der Waals surface area contributed by atoms with Crippen LogP contribution in [0, 0.1) is 5.92 Å². The maximum atomic E-state index is 12.2. The Balaban J connectivity index is 1.78. The van der Waals surface area contributed by atoms with Gasteiger partial charge in [0.2, 0.25) is 5.91 Å². The first-order valence-corrected chi connectivity index (χ1v) is 8.34. The van der Waals surface area contributed by atoms with Crippen LogP contribution >= 0.6 is 0 Å². The highest BCUT2D eigenvalue weighted by Crippen LogP contribution is 2.33. The van der Waals surface area contributed by atoms with Crippen LogP contribution in [0.1, 0.15) is 57.4 Å². The number of unbranched alkanes of at least 4 members (excludes halogenated alkanes) is 1. The molecular weight excluding hydrogens is 260 g/mol. The van der Waals surface area contributed by atoms with Gasteiger partial charge in [0.05, 0.1) is 0 Å². The number of para-hydroxylation sites is 1. The molecule has 2 unspecified atom stereocenters. The Morgan fingerprint density at radius 2 is 2.19 bits per heavy atom. The van der Waals surface area contributed by atoms with E-state index in [0.29, 0.717) is 18.3 Å². The predicted octanol–water partition coefficient (Wildman–Crippen LogP) is 3.92. The SMILES string of the molecule is CCCCC(CC)CNC(=O)CC1CNc2ccccc21. The summed E-state index contributed by atoms with van der Waals surface area (Å²) >= 11 is 0. The van der Waals surface area contributed by atoms with Crippen LogP contribution in [0.4, 0.5) is 5.69 Å². The monoisotopic (exact) mass is 288 g/mol. The molecule has 0 saturated heterocycles. The molecule has 1 aliphatic rings. The van der Waals surface area contributed by atoms with Gasteiger partial charge in [-0.15, -0.1) is 0 Å². The highest BCUT2D eigenvalue weighted by Gasteiger charge is 2.24. The van der Waals surface area contributed by atoms with Crippen molar-refractivity contribution in [3.63, 3.8) is 0 Å². The normalized spacial score (nSPS) is 17.9. The molecule has 0 spiro atoms. The largest absolute Gasteiger partial charge is 0.384 e. The van der Waals surface area contributed by atoms with E-state index < -0.39 is 0 Å². The van der Waals surface area contributed by atoms with Crippen molar-refractivity contribution < 1.29 is 4.79 Å². The van der Waals surface area contributed by atoms with E-state index in [1.165, 1.54) is 30.5 Å². The van der Waals surface area contributed by atoms with E-state index in [9.17, 15) is 4.79 Å². The Hall–Kier alpha value is -1.51. The van der Waals surface area contributed by atoms with E-state index in [0.717, 1.165) is 19.5 Å². The molecule has 21 heavy (non-hydrogen) atoms. The number of anilines is 1. The smallest absolute Gasteiger partial charge is 0.220 e. The molecule has 2 atom stereocenters. The maximum Gasteiger partial charge on any atom is 0.220 e. The van der Waals surface area contributed by atoms with E-state index in [-0.39, 0.29) is 5.91 Å². The van der Waals surface area contributed by atoms with E-state index in [1.54, 1.807) is 0 Å². The summed E-state index contributed by atoms with van der Waals surface area (Å²) in [5.41, 5.74) is 2.47. The number of hydrogen-bond donors (Lipinski definition) is 2. The standard InChI is InChI=1S/C18H28N2O/c1-3-5-8-14(4-2)12-20-18(21)11-15-13-19-17-10-7-6-9-16(15)17/h6-7,9-10,14-15,19H,3-5,8,11-13H2,1-2H3,(H,20,21). The molecule has 2 N–H and O–H groups in total. The zero-order chi connectivity index (χ0) is 15.1. The molecule has 1 amide bonds. The second-order valence-corrected chi connectivity index (χ2v) is 6.09. The highest BCUT2D eigenvalue weighted by molar-refractivity contribution is 5.78. The molecule has 0 bridgehead atoms. The summed E-state index contributed by atoms with van der Waals surface area (Å²) < 4.78 is 0. The van der Waals surface area contributed by atoms with Gasteiger partial charge in [0.15, 0.2) is 0 Å². The minimum atomic E-state index is 0.188. The zero-order valence-corrected chi connectivity index (χ0v) is 13.3. The minimum absolute atomic E-state index is 0.188. The highest BCUT2D eigenvalue weighted by atomic mass is 16.1. The van der Waals surface area contributed by atoms with Crippen molar-refractivity contribution >= 4 is 11.6 Å². The molecule has 0 radical (unpaired) electrons. The molecule has 3 nitrogen and oxygen atoms in total. The molecule has 0 aliphatic carbocycles. The van der Waals surface area contributed by atoms with Crippen molar-refractivity contribution in [3.8, 4) is 0 Å². The first kappa shape index (κ1) is 15.9. The van der Waals surface area contributed by atoms with E-state index in [2.05, 4.69) is 42.7 Å². The Labute approximate surface area is 128 Å². The van der Waals surface area contributed by atoms with Gasteiger partial charge in [0.25, 0.3) is 0 Å². The van der Waals surface area contributed by atoms with Crippen molar-refractivity contribution in [2.45, 2.75) is 51.9 Å².